The van der Waals surface area contributed by atoms with Crippen LogP contribution in [0, 0.1) is 5.92 Å². The molecule has 2 unspecified atom stereocenters. The van der Waals surface area contributed by atoms with E-state index in [4.69, 9.17) is 4.74 Å². The van der Waals surface area contributed by atoms with Crippen molar-refractivity contribution in [2.45, 2.75) is 62.9 Å². The molecule has 36 heavy (non-hydrogen) atoms. The van der Waals surface area contributed by atoms with E-state index in [1.165, 1.54) is 27.8 Å². The third-order valence-electron chi connectivity index (χ3n) is 8.47. The van der Waals surface area contributed by atoms with Crippen LogP contribution in [-0.2, 0) is 16.0 Å². The highest BCUT2D eigenvalue weighted by atomic mass is 16.6. The summed E-state index contributed by atoms with van der Waals surface area (Å²) in [4.78, 5) is 28.2. The molecule has 0 spiro atoms. The third-order valence-corrected chi connectivity index (χ3v) is 8.47. The minimum absolute atomic E-state index is 0.0720. The van der Waals surface area contributed by atoms with E-state index in [1.54, 1.807) is 0 Å². The van der Waals surface area contributed by atoms with Crippen LogP contribution in [0.3, 0.4) is 0 Å². The Balaban J connectivity index is 1.05. The van der Waals surface area contributed by atoms with Crippen LogP contribution in [0.25, 0.3) is 11.1 Å². The van der Waals surface area contributed by atoms with Gasteiger partial charge in [-0.05, 0) is 66.3 Å². The lowest BCUT2D eigenvalue weighted by atomic mass is 9.85. The minimum atomic E-state index is -0.209. The number of Topliss-reactive ketones (excluding diaryl/α,β-unsaturated/α-hetero) is 1. The van der Waals surface area contributed by atoms with Crippen LogP contribution in [0.5, 0.6) is 0 Å². The van der Waals surface area contributed by atoms with Crippen molar-refractivity contribution in [3.05, 3.63) is 95.6 Å². The number of aryl methyl sites for hydroxylation is 1. The van der Waals surface area contributed by atoms with E-state index in [0.29, 0.717) is 18.8 Å². The molecule has 2 saturated heterocycles. The molecule has 3 aliphatic rings. The first kappa shape index (κ1) is 23.0. The second kappa shape index (κ2) is 9.93. The van der Waals surface area contributed by atoms with E-state index in [-0.39, 0.29) is 30.0 Å². The van der Waals surface area contributed by atoms with Gasteiger partial charge in [-0.15, -0.1) is 0 Å². The molecule has 2 heterocycles. The number of fused-ring (bicyclic) bond motifs is 5. The molecule has 0 radical (unpaired) electrons. The number of hydrogen-bond donors (Lipinski definition) is 0. The highest BCUT2D eigenvalue weighted by molar-refractivity contribution is 5.82. The van der Waals surface area contributed by atoms with Crippen LogP contribution in [0.4, 0.5) is 4.79 Å². The zero-order valence-corrected chi connectivity index (χ0v) is 20.6. The molecule has 4 nitrogen and oxygen atoms in total. The predicted octanol–water partition coefficient (Wildman–Crippen LogP) is 6.77. The lowest BCUT2D eigenvalue weighted by Crippen LogP contribution is -2.48. The van der Waals surface area contributed by atoms with Gasteiger partial charge in [-0.3, -0.25) is 4.79 Å². The Labute approximate surface area is 213 Å². The van der Waals surface area contributed by atoms with Crippen LogP contribution in [-0.4, -0.2) is 35.5 Å². The van der Waals surface area contributed by atoms with Gasteiger partial charge in [0.15, 0.2) is 0 Å². The standard InChI is InChI=1S/C32H33NO3/c34-31(16-8-11-22-9-2-1-3-10-22)23-19-24-17-18-25(20-23)33(24)32(35)36-21-30-28-14-6-4-12-26(28)27-13-5-7-15-29(27)30/h1-7,9-10,12-15,23-25,30H,8,11,16-21H2. The molecule has 2 aliphatic heterocycles. The van der Waals surface area contributed by atoms with Gasteiger partial charge in [0.1, 0.15) is 12.4 Å². The Hall–Kier alpha value is -3.40. The number of nitrogens with zero attached hydrogens (tertiary/aromatic N) is 1. The van der Waals surface area contributed by atoms with E-state index in [9.17, 15) is 9.59 Å². The molecule has 1 amide bonds. The van der Waals surface area contributed by atoms with Crippen LogP contribution in [0.2, 0.25) is 0 Å². The normalized spacial score (nSPS) is 22.2. The number of carbonyl (C=O) groups excluding carboxylic acids is 2. The number of carbonyl (C=O) groups is 2. The Kier molecular flexibility index (Phi) is 6.35. The molecule has 0 saturated carbocycles. The van der Waals surface area contributed by atoms with Crippen molar-refractivity contribution in [2.24, 2.45) is 5.92 Å². The van der Waals surface area contributed by atoms with E-state index in [2.05, 4.69) is 60.7 Å². The number of amides is 1. The minimum Gasteiger partial charge on any atom is -0.448 e. The highest BCUT2D eigenvalue weighted by Gasteiger charge is 2.45. The summed E-state index contributed by atoms with van der Waals surface area (Å²) < 4.78 is 5.97. The average molecular weight is 480 g/mol. The predicted molar refractivity (Wildman–Crippen MR) is 141 cm³/mol. The number of ketones is 1. The average Bonchev–Trinajstić information content (AvgIpc) is 3.38. The molecular formula is C32H33NO3. The third kappa shape index (κ3) is 4.34. The largest absolute Gasteiger partial charge is 0.448 e. The molecule has 0 N–H and O–H groups in total. The number of piperidine rings is 1. The van der Waals surface area contributed by atoms with Gasteiger partial charge >= 0.3 is 6.09 Å². The Bertz CT molecular complexity index is 1190. The van der Waals surface area contributed by atoms with E-state index >= 15 is 0 Å². The maximum atomic E-state index is 13.3. The van der Waals surface area contributed by atoms with Crippen molar-refractivity contribution >= 4 is 11.9 Å². The lowest BCUT2D eigenvalue weighted by molar-refractivity contribution is -0.125. The van der Waals surface area contributed by atoms with Crippen molar-refractivity contribution < 1.29 is 14.3 Å². The van der Waals surface area contributed by atoms with Gasteiger partial charge < -0.3 is 9.64 Å². The fraction of sp³-hybridized carbons (Fsp3) is 0.375. The van der Waals surface area contributed by atoms with Crippen LogP contribution >= 0.6 is 0 Å². The first-order chi connectivity index (χ1) is 17.7. The molecule has 6 rings (SSSR count). The first-order valence-corrected chi connectivity index (χ1v) is 13.4. The van der Waals surface area contributed by atoms with Gasteiger partial charge in [-0.25, -0.2) is 4.79 Å². The smallest absolute Gasteiger partial charge is 0.410 e. The lowest BCUT2D eigenvalue weighted by Gasteiger charge is -2.37. The van der Waals surface area contributed by atoms with Crippen molar-refractivity contribution in [3.63, 3.8) is 0 Å². The maximum absolute atomic E-state index is 13.3. The number of benzene rings is 3. The molecule has 2 atom stereocenters. The monoisotopic (exact) mass is 479 g/mol. The number of rotatable bonds is 7. The summed E-state index contributed by atoms with van der Waals surface area (Å²) in [5.74, 6) is 0.522. The van der Waals surface area contributed by atoms with Crippen LogP contribution < -0.4 is 0 Å². The summed E-state index contributed by atoms with van der Waals surface area (Å²) in [6.07, 6.45) is 5.77. The molecule has 2 bridgehead atoms. The van der Waals surface area contributed by atoms with Gasteiger partial charge in [-0.2, -0.15) is 0 Å². The molecule has 2 fully saturated rings. The summed E-state index contributed by atoms with van der Waals surface area (Å²) in [7, 11) is 0. The SMILES string of the molecule is O=C(CCCc1ccccc1)C1CC2CCC(C1)N2C(=O)OCC1c2ccccc2-c2ccccc21. The molecule has 1 aliphatic carbocycles. The molecule has 184 valence electrons. The molecule has 3 aromatic rings. The zero-order valence-electron chi connectivity index (χ0n) is 20.6. The molecular weight excluding hydrogens is 446 g/mol. The van der Waals surface area contributed by atoms with E-state index in [1.807, 2.05) is 23.1 Å². The molecule has 4 heteroatoms. The first-order valence-electron chi connectivity index (χ1n) is 13.4. The number of ether oxygens (including phenoxy) is 1. The highest BCUT2D eigenvalue weighted by Crippen LogP contribution is 2.45. The maximum Gasteiger partial charge on any atom is 0.410 e. The van der Waals surface area contributed by atoms with Crippen LogP contribution in [0.15, 0.2) is 78.9 Å². The van der Waals surface area contributed by atoms with Crippen LogP contribution in [0.1, 0.15) is 61.1 Å². The Morgan fingerprint density at radius 1 is 0.778 bits per heavy atom. The van der Waals surface area contributed by atoms with Crippen molar-refractivity contribution in [1.29, 1.82) is 0 Å². The molecule has 3 aromatic carbocycles. The Morgan fingerprint density at radius 3 is 2.00 bits per heavy atom. The van der Waals surface area contributed by atoms with Gasteiger partial charge in [0.25, 0.3) is 0 Å². The van der Waals surface area contributed by atoms with Crippen molar-refractivity contribution in [1.82, 2.24) is 4.90 Å². The second-order valence-electron chi connectivity index (χ2n) is 10.6. The quantitative estimate of drug-likeness (QED) is 0.376. The summed E-state index contributed by atoms with van der Waals surface area (Å²) >= 11 is 0. The van der Waals surface area contributed by atoms with Gasteiger partial charge in [0.05, 0.1) is 0 Å². The van der Waals surface area contributed by atoms with Crippen molar-refractivity contribution in [2.75, 3.05) is 6.61 Å². The topological polar surface area (TPSA) is 46.6 Å². The summed E-state index contributed by atoms with van der Waals surface area (Å²) in [6.45, 7) is 0.352. The van der Waals surface area contributed by atoms with Crippen molar-refractivity contribution in [3.8, 4) is 11.1 Å². The van der Waals surface area contributed by atoms with Gasteiger partial charge in [0.2, 0.25) is 0 Å². The van der Waals surface area contributed by atoms with Gasteiger partial charge in [0, 0.05) is 30.3 Å². The van der Waals surface area contributed by atoms with E-state index < -0.39 is 0 Å². The zero-order chi connectivity index (χ0) is 24.5. The van der Waals surface area contributed by atoms with E-state index in [0.717, 1.165) is 38.5 Å². The second-order valence-corrected chi connectivity index (χ2v) is 10.6. The summed E-state index contributed by atoms with van der Waals surface area (Å²) in [5, 5.41) is 0. The number of hydrogen-bond acceptors (Lipinski definition) is 3. The molecule has 0 aromatic heterocycles. The fourth-order valence-electron chi connectivity index (χ4n) is 6.72. The fourth-order valence-corrected chi connectivity index (χ4v) is 6.72. The van der Waals surface area contributed by atoms with Gasteiger partial charge in [-0.1, -0.05) is 78.9 Å². The summed E-state index contributed by atoms with van der Waals surface area (Å²) in [6, 6.07) is 27.5. The Morgan fingerprint density at radius 2 is 1.36 bits per heavy atom. The summed E-state index contributed by atoms with van der Waals surface area (Å²) in [5.41, 5.74) is 6.22.